The maximum Gasteiger partial charge on any atom is 0.225 e. The highest BCUT2D eigenvalue weighted by Crippen LogP contribution is 2.23. The molecule has 0 bridgehead atoms. The van der Waals surface area contributed by atoms with E-state index >= 15 is 0 Å². The van der Waals surface area contributed by atoms with Crippen LogP contribution in [-0.2, 0) is 17.8 Å². The number of nitrogens with one attached hydrogen (secondary N) is 1. The van der Waals surface area contributed by atoms with E-state index in [4.69, 9.17) is 9.72 Å². The number of imidazole rings is 1. The monoisotopic (exact) mass is 483 g/mol. The molecule has 0 aliphatic carbocycles. The fourth-order valence-electron chi connectivity index (χ4n) is 4.51. The van der Waals surface area contributed by atoms with E-state index in [1.54, 1.807) is 0 Å². The number of amides is 1. The second-order valence-corrected chi connectivity index (χ2v) is 9.78. The van der Waals surface area contributed by atoms with E-state index < -0.39 is 0 Å². The van der Waals surface area contributed by atoms with Crippen LogP contribution in [0.2, 0.25) is 0 Å². The van der Waals surface area contributed by atoms with E-state index in [1.807, 2.05) is 56.3 Å². The quantitative estimate of drug-likeness (QED) is 0.240. The van der Waals surface area contributed by atoms with E-state index in [1.165, 1.54) is 5.56 Å². The van der Waals surface area contributed by atoms with E-state index in [0.29, 0.717) is 18.9 Å². The molecule has 3 aromatic carbocycles. The molecule has 0 fully saturated rings. The maximum absolute atomic E-state index is 12.8. The van der Waals surface area contributed by atoms with E-state index in [9.17, 15) is 4.79 Å². The van der Waals surface area contributed by atoms with Gasteiger partial charge < -0.3 is 14.6 Å². The van der Waals surface area contributed by atoms with Gasteiger partial charge in [-0.05, 0) is 73.6 Å². The van der Waals surface area contributed by atoms with Crippen molar-refractivity contribution in [3.05, 3.63) is 95.3 Å². The highest BCUT2D eigenvalue weighted by atomic mass is 16.5. The molecule has 5 nitrogen and oxygen atoms in total. The van der Waals surface area contributed by atoms with Gasteiger partial charge in [0.1, 0.15) is 11.6 Å². The van der Waals surface area contributed by atoms with E-state index in [2.05, 4.69) is 54.1 Å². The van der Waals surface area contributed by atoms with Crippen molar-refractivity contribution in [2.24, 2.45) is 0 Å². The Bertz CT molecular complexity index is 1290. The molecule has 1 unspecified atom stereocenters. The van der Waals surface area contributed by atoms with Crippen LogP contribution in [0.4, 0.5) is 0 Å². The third-order valence-electron chi connectivity index (χ3n) is 6.65. The van der Waals surface area contributed by atoms with Gasteiger partial charge in [0.15, 0.2) is 0 Å². The minimum atomic E-state index is -0.190. The summed E-state index contributed by atoms with van der Waals surface area (Å²) in [7, 11) is 0. The second-order valence-electron chi connectivity index (χ2n) is 9.78. The van der Waals surface area contributed by atoms with E-state index in [-0.39, 0.29) is 11.9 Å². The summed E-state index contributed by atoms with van der Waals surface area (Å²) < 4.78 is 8.20. The van der Waals surface area contributed by atoms with Crippen LogP contribution in [0.15, 0.2) is 72.8 Å². The van der Waals surface area contributed by atoms with Crippen molar-refractivity contribution in [2.45, 2.75) is 65.5 Å². The lowest BCUT2D eigenvalue weighted by Gasteiger charge is -2.17. The number of hydrogen-bond acceptors (Lipinski definition) is 3. The zero-order valence-electron chi connectivity index (χ0n) is 21.8. The van der Waals surface area contributed by atoms with Crippen LogP contribution in [0, 0.1) is 6.92 Å². The number of para-hydroxylation sites is 2. The predicted octanol–water partition coefficient (Wildman–Crippen LogP) is 6.75. The van der Waals surface area contributed by atoms with E-state index in [0.717, 1.165) is 53.1 Å². The summed E-state index contributed by atoms with van der Waals surface area (Å²) in [6.45, 7) is 9.93. The Kier molecular flexibility index (Phi) is 8.42. The summed E-state index contributed by atoms with van der Waals surface area (Å²) >= 11 is 0. The highest BCUT2D eigenvalue weighted by molar-refractivity contribution is 5.80. The zero-order valence-corrected chi connectivity index (χ0v) is 21.8. The molecule has 1 heterocycles. The highest BCUT2D eigenvalue weighted by Gasteiger charge is 2.18. The Labute approximate surface area is 214 Å². The molecule has 1 aromatic heterocycles. The lowest BCUT2D eigenvalue weighted by molar-refractivity contribution is -0.121. The van der Waals surface area contributed by atoms with Crippen molar-refractivity contribution in [3.8, 4) is 5.75 Å². The van der Waals surface area contributed by atoms with Gasteiger partial charge >= 0.3 is 0 Å². The first-order valence-electron chi connectivity index (χ1n) is 12.9. The SMILES string of the molecule is Cc1ccccc1CC(=O)NC(C)c1nc2ccccc2n1CCCCOc1ccc(C(C)C)cc1. The molecule has 4 rings (SSSR count). The number of nitrogens with zero attached hydrogens (tertiary/aromatic N) is 2. The molecule has 4 aromatic rings. The number of carbonyl (C=O) groups excluding carboxylic acids is 1. The van der Waals surface area contributed by atoms with Crippen molar-refractivity contribution in [1.82, 2.24) is 14.9 Å². The normalized spacial score (nSPS) is 12.1. The minimum Gasteiger partial charge on any atom is -0.494 e. The van der Waals surface area contributed by atoms with Gasteiger partial charge in [-0.15, -0.1) is 0 Å². The van der Waals surface area contributed by atoms with Gasteiger partial charge in [-0.1, -0.05) is 62.4 Å². The first kappa shape index (κ1) is 25.5. The lowest BCUT2D eigenvalue weighted by atomic mass is 10.0. The third kappa shape index (κ3) is 6.34. The maximum atomic E-state index is 12.8. The van der Waals surface area contributed by atoms with Crippen molar-refractivity contribution >= 4 is 16.9 Å². The summed E-state index contributed by atoms with van der Waals surface area (Å²) in [5.41, 5.74) is 5.55. The number of ether oxygens (including phenoxy) is 1. The molecular weight excluding hydrogens is 446 g/mol. The Morgan fingerprint density at radius 1 is 0.944 bits per heavy atom. The van der Waals surface area contributed by atoms with Gasteiger partial charge in [-0.3, -0.25) is 4.79 Å². The second kappa shape index (κ2) is 11.9. The predicted molar refractivity (Wildman–Crippen MR) is 146 cm³/mol. The zero-order chi connectivity index (χ0) is 25.5. The fraction of sp³-hybridized carbons (Fsp3) is 0.355. The molecule has 0 aliphatic rings. The fourth-order valence-corrected chi connectivity index (χ4v) is 4.51. The van der Waals surface area contributed by atoms with Gasteiger partial charge in [0.2, 0.25) is 5.91 Å². The van der Waals surface area contributed by atoms with Gasteiger partial charge in [0, 0.05) is 6.54 Å². The molecule has 0 aliphatic heterocycles. The number of hydrogen-bond donors (Lipinski definition) is 1. The van der Waals surface area contributed by atoms with Crippen LogP contribution in [-0.4, -0.2) is 22.1 Å². The summed E-state index contributed by atoms with van der Waals surface area (Å²) in [4.78, 5) is 17.7. The first-order chi connectivity index (χ1) is 17.4. The van der Waals surface area contributed by atoms with Crippen LogP contribution in [0.25, 0.3) is 11.0 Å². The minimum absolute atomic E-state index is 0.00675. The largest absolute Gasteiger partial charge is 0.494 e. The Morgan fingerprint density at radius 2 is 1.67 bits per heavy atom. The summed E-state index contributed by atoms with van der Waals surface area (Å²) in [5.74, 6) is 2.33. The number of unbranched alkanes of at least 4 members (excludes halogenated alkanes) is 1. The number of aryl methyl sites for hydroxylation is 2. The summed E-state index contributed by atoms with van der Waals surface area (Å²) in [6.07, 6.45) is 2.26. The molecule has 5 heteroatoms. The Hall–Kier alpha value is -3.60. The molecule has 0 saturated carbocycles. The number of fused-ring (bicyclic) bond motifs is 1. The Balaban J connectivity index is 1.36. The van der Waals surface area contributed by atoms with Crippen molar-refractivity contribution in [3.63, 3.8) is 0 Å². The summed E-state index contributed by atoms with van der Waals surface area (Å²) in [5, 5.41) is 3.16. The van der Waals surface area contributed by atoms with Gasteiger partial charge in [0.25, 0.3) is 0 Å². The van der Waals surface area contributed by atoms with Crippen LogP contribution in [0.1, 0.15) is 68.1 Å². The molecule has 36 heavy (non-hydrogen) atoms. The molecule has 0 saturated heterocycles. The third-order valence-corrected chi connectivity index (χ3v) is 6.65. The van der Waals surface area contributed by atoms with Crippen LogP contribution in [0.3, 0.4) is 0 Å². The number of carbonyl (C=O) groups is 1. The van der Waals surface area contributed by atoms with Crippen LogP contribution in [0.5, 0.6) is 5.75 Å². The Morgan fingerprint density at radius 3 is 2.42 bits per heavy atom. The molecule has 0 radical (unpaired) electrons. The molecule has 1 N–H and O–H groups in total. The van der Waals surface area contributed by atoms with Gasteiger partial charge in [-0.25, -0.2) is 4.98 Å². The number of rotatable bonds is 11. The average Bonchev–Trinajstić information content (AvgIpc) is 3.24. The van der Waals surface area contributed by atoms with Gasteiger partial charge in [-0.2, -0.15) is 0 Å². The first-order valence-corrected chi connectivity index (χ1v) is 12.9. The van der Waals surface area contributed by atoms with Crippen molar-refractivity contribution in [1.29, 1.82) is 0 Å². The standard InChI is InChI=1S/C31H37N3O2/c1-22(2)25-15-17-27(18-16-25)36-20-10-9-19-34-29-14-8-7-13-28(29)33-31(34)24(4)32-30(35)21-26-12-6-5-11-23(26)3/h5-8,11-18,22,24H,9-10,19-21H2,1-4H3,(H,32,35). The molecule has 1 amide bonds. The summed E-state index contributed by atoms with van der Waals surface area (Å²) in [6, 6.07) is 24.4. The molecular formula is C31H37N3O2. The topological polar surface area (TPSA) is 56.2 Å². The van der Waals surface area contributed by atoms with Crippen molar-refractivity contribution < 1.29 is 9.53 Å². The average molecular weight is 484 g/mol. The number of aromatic nitrogens is 2. The molecule has 0 spiro atoms. The lowest BCUT2D eigenvalue weighted by Crippen LogP contribution is -2.30. The molecule has 188 valence electrons. The molecule has 1 atom stereocenters. The number of benzene rings is 3. The van der Waals surface area contributed by atoms with Crippen LogP contribution >= 0.6 is 0 Å². The smallest absolute Gasteiger partial charge is 0.225 e. The van der Waals surface area contributed by atoms with Crippen molar-refractivity contribution in [2.75, 3.05) is 6.61 Å². The van der Waals surface area contributed by atoms with Gasteiger partial charge in [0.05, 0.1) is 30.1 Å². The van der Waals surface area contributed by atoms with Crippen LogP contribution < -0.4 is 10.1 Å².